The van der Waals surface area contributed by atoms with E-state index in [0.29, 0.717) is 12.1 Å². The monoisotopic (exact) mass is 412 g/mol. The molecule has 29 heavy (non-hydrogen) atoms. The summed E-state index contributed by atoms with van der Waals surface area (Å²) >= 11 is 0. The molecule has 0 aliphatic heterocycles. The molecule has 9 nitrogen and oxygen atoms in total. The molecule has 10 heteroatoms. The fourth-order valence-corrected chi connectivity index (χ4v) is 4.19. The normalized spacial score (nSPS) is 14.0. The van der Waals surface area contributed by atoms with Gasteiger partial charge in [-0.15, -0.1) is 5.10 Å². The first-order chi connectivity index (χ1) is 13.9. The van der Waals surface area contributed by atoms with E-state index >= 15 is 0 Å². The minimum Gasteiger partial charge on any atom is -0.348 e. The van der Waals surface area contributed by atoms with E-state index in [1.54, 1.807) is 42.5 Å². The van der Waals surface area contributed by atoms with Gasteiger partial charge in [-0.2, -0.15) is 0 Å². The number of benzene rings is 2. The molecule has 0 bridgehead atoms. The van der Waals surface area contributed by atoms with Gasteiger partial charge in [0.15, 0.2) is 0 Å². The van der Waals surface area contributed by atoms with Crippen LogP contribution < -0.4 is 10.0 Å². The predicted molar refractivity (Wildman–Crippen MR) is 105 cm³/mol. The van der Waals surface area contributed by atoms with E-state index in [4.69, 9.17) is 0 Å². The van der Waals surface area contributed by atoms with Crippen molar-refractivity contribution in [3.63, 3.8) is 0 Å². The van der Waals surface area contributed by atoms with Gasteiger partial charge in [-0.1, -0.05) is 12.1 Å². The Morgan fingerprint density at radius 3 is 2.55 bits per heavy atom. The van der Waals surface area contributed by atoms with Crippen molar-refractivity contribution in [2.45, 2.75) is 37.2 Å². The molecular formula is C19H20N6O3S. The Balaban J connectivity index is 1.38. The second kappa shape index (κ2) is 7.72. The number of hydrogen-bond donors (Lipinski definition) is 2. The summed E-state index contributed by atoms with van der Waals surface area (Å²) < 4.78 is 28.6. The lowest BCUT2D eigenvalue weighted by Crippen LogP contribution is -2.26. The van der Waals surface area contributed by atoms with Crippen LogP contribution >= 0.6 is 0 Å². The van der Waals surface area contributed by atoms with Gasteiger partial charge in [0.1, 0.15) is 6.33 Å². The largest absolute Gasteiger partial charge is 0.348 e. The van der Waals surface area contributed by atoms with Crippen LogP contribution in [-0.2, 0) is 16.6 Å². The lowest BCUT2D eigenvalue weighted by molar-refractivity contribution is 0.0951. The van der Waals surface area contributed by atoms with Gasteiger partial charge in [0.05, 0.1) is 10.6 Å². The van der Waals surface area contributed by atoms with Crippen LogP contribution in [0, 0.1) is 6.92 Å². The molecule has 0 spiro atoms. The third kappa shape index (κ3) is 4.49. The molecule has 0 unspecified atom stereocenters. The summed E-state index contributed by atoms with van der Waals surface area (Å²) in [6.07, 6.45) is 3.27. The zero-order valence-electron chi connectivity index (χ0n) is 15.7. The van der Waals surface area contributed by atoms with Crippen LogP contribution in [0.1, 0.15) is 34.3 Å². The highest BCUT2D eigenvalue weighted by atomic mass is 32.2. The molecule has 3 aromatic rings. The maximum atomic E-state index is 12.5. The molecule has 4 rings (SSSR count). The van der Waals surface area contributed by atoms with Gasteiger partial charge in [0.2, 0.25) is 10.0 Å². The van der Waals surface area contributed by atoms with Gasteiger partial charge in [-0.3, -0.25) is 4.79 Å². The first-order valence-electron chi connectivity index (χ1n) is 9.16. The van der Waals surface area contributed by atoms with E-state index in [9.17, 15) is 13.2 Å². The van der Waals surface area contributed by atoms with E-state index in [-0.39, 0.29) is 16.8 Å². The highest BCUT2D eigenvalue weighted by molar-refractivity contribution is 7.89. The molecule has 0 atom stereocenters. The number of sulfonamides is 1. The van der Waals surface area contributed by atoms with Gasteiger partial charge in [-0.05, 0) is 71.7 Å². The van der Waals surface area contributed by atoms with Crippen LogP contribution in [0.3, 0.4) is 0 Å². The second-order valence-corrected chi connectivity index (χ2v) is 8.69. The summed E-state index contributed by atoms with van der Waals surface area (Å²) in [4.78, 5) is 12.7. The summed E-state index contributed by atoms with van der Waals surface area (Å²) in [6, 6.07) is 11.8. The van der Waals surface area contributed by atoms with Crippen molar-refractivity contribution < 1.29 is 13.2 Å². The Labute approximate surface area is 168 Å². The van der Waals surface area contributed by atoms with Crippen LogP contribution in [0.15, 0.2) is 53.7 Å². The lowest BCUT2D eigenvalue weighted by atomic mass is 10.1. The molecule has 1 heterocycles. The number of aryl methyl sites for hydroxylation is 1. The summed E-state index contributed by atoms with van der Waals surface area (Å²) in [5, 5.41) is 13.9. The Kier molecular flexibility index (Phi) is 5.12. The maximum absolute atomic E-state index is 12.5. The first-order valence-corrected chi connectivity index (χ1v) is 10.6. The number of carbonyl (C=O) groups excluding carboxylic acids is 1. The van der Waals surface area contributed by atoms with Crippen molar-refractivity contribution in [2.75, 3.05) is 0 Å². The van der Waals surface area contributed by atoms with Crippen LogP contribution in [0.25, 0.3) is 5.69 Å². The SMILES string of the molecule is Cc1cc(C(=O)NCc2ccc(S(=O)(=O)NC3CC3)cc2)ccc1-n1cnnn1. The fraction of sp³-hybridized carbons (Fsp3) is 0.263. The van der Waals surface area contributed by atoms with Crippen molar-refractivity contribution >= 4 is 15.9 Å². The van der Waals surface area contributed by atoms with Crippen molar-refractivity contribution in [2.24, 2.45) is 0 Å². The molecule has 1 amide bonds. The molecule has 1 aliphatic carbocycles. The number of nitrogens with one attached hydrogen (secondary N) is 2. The average molecular weight is 412 g/mol. The predicted octanol–water partition coefficient (Wildman–Crippen LogP) is 1.34. The highest BCUT2D eigenvalue weighted by Gasteiger charge is 2.27. The van der Waals surface area contributed by atoms with Crippen molar-refractivity contribution in [3.8, 4) is 5.69 Å². The molecule has 0 saturated heterocycles. The number of carbonyl (C=O) groups is 1. The van der Waals surface area contributed by atoms with E-state index in [1.807, 2.05) is 6.92 Å². The molecule has 1 aromatic heterocycles. The molecule has 2 N–H and O–H groups in total. The average Bonchev–Trinajstić information content (AvgIpc) is 3.34. The van der Waals surface area contributed by atoms with E-state index in [1.165, 1.54) is 11.0 Å². The third-order valence-electron chi connectivity index (χ3n) is 4.64. The zero-order chi connectivity index (χ0) is 20.4. The quantitative estimate of drug-likeness (QED) is 0.604. The van der Waals surface area contributed by atoms with Crippen LogP contribution in [0.2, 0.25) is 0 Å². The van der Waals surface area contributed by atoms with Crippen LogP contribution in [0.4, 0.5) is 0 Å². The molecule has 1 fully saturated rings. The highest BCUT2D eigenvalue weighted by Crippen LogP contribution is 2.22. The molecule has 1 saturated carbocycles. The smallest absolute Gasteiger partial charge is 0.251 e. The second-order valence-electron chi connectivity index (χ2n) is 6.98. The molecule has 2 aromatic carbocycles. The van der Waals surface area contributed by atoms with Gasteiger partial charge < -0.3 is 5.32 Å². The number of rotatable bonds is 7. The van der Waals surface area contributed by atoms with Crippen LogP contribution in [-0.4, -0.2) is 40.6 Å². The molecule has 1 aliphatic rings. The number of hydrogen-bond acceptors (Lipinski definition) is 6. The number of tetrazole rings is 1. The lowest BCUT2D eigenvalue weighted by Gasteiger charge is -2.10. The minimum absolute atomic E-state index is 0.0645. The Hall–Kier alpha value is -3.11. The van der Waals surface area contributed by atoms with Gasteiger partial charge in [0, 0.05) is 18.2 Å². The Morgan fingerprint density at radius 1 is 1.17 bits per heavy atom. The van der Waals surface area contributed by atoms with Gasteiger partial charge in [-0.25, -0.2) is 17.8 Å². The van der Waals surface area contributed by atoms with E-state index in [0.717, 1.165) is 29.7 Å². The van der Waals surface area contributed by atoms with E-state index < -0.39 is 10.0 Å². The number of amides is 1. The van der Waals surface area contributed by atoms with Gasteiger partial charge >= 0.3 is 0 Å². The standard InChI is InChI=1S/C19H20N6O3S/c1-13-10-15(4-9-18(13)25-12-21-23-24-25)19(26)20-11-14-2-7-17(8-3-14)29(27,28)22-16-5-6-16/h2-4,7-10,12,16,22H,5-6,11H2,1H3,(H,20,26). The Morgan fingerprint density at radius 2 is 1.93 bits per heavy atom. The summed E-state index contributed by atoms with van der Waals surface area (Å²) in [5.41, 5.74) is 2.99. The van der Waals surface area contributed by atoms with Crippen molar-refractivity contribution in [3.05, 3.63) is 65.5 Å². The fourth-order valence-electron chi connectivity index (χ4n) is 2.88. The van der Waals surface area contributed by atoms with Crippen molar-refractivity contribution in [1.82, 2.24) is 30.2 Å². The number of nitrogens with zero attached hydrogens (tertiary/aromatic N) is 4. The third-order valence-corrected chi connectivity index (χ3v) is 6.18. The number of aromatic nitrogens is 4. The van der Waals surface area contributed by atoms with Gasteiger partial charge in [0.25, 0.3) is 5.91 Å². The maximum Gasteiger partial charge on any atom is 0.251 e. The van der Waals surface area contributed by atoms with Crippen LogP contribution in [0.5, 0.6) is 0 Å². The summed E-state index contributed by atoms with van der Waals surface area (Å²) in [7, 11) is -3.47. The molecule has 150 valence electrons. The minimum atomic E-state index is -3.47. The topological polar surface area (TPSA) is 119 Å². The van der Waals surface area contributed by atoms with E-state index in [2.05, 4.69) is 25.6 Å². The zero-order valence-corrected chi connectivity index (χ0v) is 16.6. The first kappa shape index (κ1) is 19.2. The Bertz CT molecular complexity index is 1120. The molecule has 0 radical (unpaired) electrons. The molecular weight excluding hydrogens is 392 g/mol. The van der Waals surface area contributed by atoms with Crippen molar-refractivity contribution in [1.29, 1.82) is 0 Å². The summed E-state index contributed by atoms with van der Waals surface area (Å²) in [5.74, 6) is -0.219. The summed E-state index contributed by atoms with van der Waals surface area (Å²) in [6.45, 7) is 2.17.